The first-order valence-corrected chi connectivity index (χ1v) is 8.33. The second-order valence-electron chi connectivity index (χ2n) is 4.93. The minimum atomic E-state index is -3.62. The molecule has 0 spiro atoms. The average Bonchev–Trinajstić information content (AvgIpc) is 2.29. The molecular weight excluding hydrogens is 256 g/mol. The Bertz CT molecular complexity index is 488. The highest BCUT2D eigenvalue weighted by Gasteiger charge is 2.25. The molecule has 0 amide bonds. The summed E-state index contributed by atoms with van der Waals surface area (Å²) in [5, 5.41) is 0. The van der Waals surface area contributed by atoms with Crippen molar-refractivity contribution in [3.05, 3.63) is 29.8 Å². The fourth-order valence-electron chi connectivity index (χ4n) is 2.61. The van der Waals surface area contributed by atoms with E-state index >= 15 is 0 Å². The summed E-state index contributed by atoms with van der Waals surface area (Å²) >= 11 is 0. The number of benzene rings is 1. The quantitative estimate of drug-likeness (QED) is 0.765. The second kappa shape index (κ2) is 4.99. The van der Waals surface area contributed by atoms with Crippen LogP contribution in [0.25, 0.3) is 0 Å². The van der Waals surface area contributed by atoms with Gasteiger partial charge in [0.2, 0.25) is 0 Å². The molecule has 0 bridgehead atoms. The lowest BCUT2D eigenvalue weighted by Crippen LogP contribution is -2.13. The molecule has 1 aromatic rings. The molecule has 1 aliphatic carbocycles. The van der Waals surface area contributed by atoms with Gasteiger partial charge in [-0.05, 0) is 36.3 Å². The van der Waals surface area contributed by atoms with Crippen molar-refractivity contribution in [2.75, 3.05) is 0 Å². The van der Waals surface area contributed by atoms with E-state index in [1.165, 1.54) is 12.8 Å². The second-order valence-corrected chi connectivity index (χ2v) is 7.47. The molecule has 0 radical (unpaired) electrons. The van der Waals surface area contributed by atoms with Gasteiger partial charge in [-0.2, -0.15) is 0 Å². The molecule has 2 rings (SSSR count). The summed E-state index contributed by atoms with van der Waals surface area (Å²) in [5.74, 6) is 1.10. The highest BCUT2D eigenvalue weighted by molar-refractivity contribution is 8.13. The molecule has 0 heterocycles. The molecule has 4 heteroatoms. The van der Waals surface area contributed by atoms with Crippen LogP contribution >= 0.6 is 10.7 Å². The molecule has 0 N–H and O–H groups in total. The van der Waals surface area contributed by atoms with Gasteiger partial charge in [0, 0.05) is 10.7 Å². The number of hydrogen-bond acceptors (Lipinski definition) is 2. The maximum absolute atomic E-state index is 11.5. The zero-order chi connectivity index (χ0) is 12.5. The Hall–Kier alpha value is -0.540. The van der Waals surface area contributed by atoms with E-state index in [1.807, 2.05) is 12.1 Å². The topological polar surface area (TPSA) is 34.1 Å². The fourth-order valence-corrected chi connectivity index (χ4v) is 3.79. The molecule has 1 saturated carbocycles. The minimum Gasteiger partial charge on any atom is -0.207 e. The number of halogens is 1. The van der Waals surface area contributed by atoms with Crippen LogP contribution in [-0.2, 0) is 9.05 Å². The summed E-state index contributed by atoms with van der Waals surface area (Å²) in [6.07, 6.45) is 4.46. The Morgan fingerprint density at radius 1 is 1.12 bits per heavy atom. The summed E-state index contributed by atoms with van der Waals surface area (Å²) in [5.41, 5.74) is 0.898. The van der Waals surface area contributed by atoms with E-state index in [-0.39, 0.29) is 0 Å². The predicted molar refractivity (Wildman–Crippen MR) is 69.9 cm³/mol. The van der Waals surface area contributed by atoms with Crippen molar-refractivity contribution in [2.24, 2.45) is 5.92 Å². The van der Waals surface area contributed by atoms with Gasteiger partial charge in [-0.15, -0.1) is 0 Å². The van der Waals surface area contributed by atoms with Gasteiger partial charge in [0.05, 0.1) is 4.90 Å². The summed E-state index contributed by atoms with van der Waals surface area (Å²) in [7, 11) is 1.86. The molecule has 1 fully saturated rings. The van der Waals surface area contributed by atoms with Crippen LogP contribution in [-0.4, -0.2) is 8.42 Å². The smallest absolute Gasteiger partial charge is 0.207 e. The Morgan fingerprint density at radius 2 is 1.71 bits per heavy atom. The lowest BCUT2D eigenvalue weighted by atomic mass is 9.79. The third-order valence-electron chi connectivity index (χ3n) is 3.64. The Balaban J connectivity index is 2.33. The zero-order valence-corrected chi connectivity index (χ0v) is 11.5. The molecule has 0 aliphatic heterocycles. The SMILES string of the molecule is CC1CCC(c2ccccc2S(=O)(=O)Cl)CC1. The zero-order valence-electron chi connectivity index (χ0n) is 9.90. The Labute approximate surface area is 107 Å². The monoisotopic (exact) mass is 272 g/mol. The van der Waals surface area contributed by atoms with Crippen LogP contribution in [0.5, 0.6) is 0 Å². The van der Waals surface area contributed by atoms with Crippen LogP contribution in [0.4, 0.5) is 0 Å². The number of rotatable bonds is 2. The lowest BCUT2D eigenvalue weighted by molar-refractivity contribution is 0.345. The van der Waals surface area contributed by atoms with E-state index < -0.39 is 9.05 Å². The van der Waals surface area contributed by atoms with Gasteiger partial charge < -0.3 is 0 Å². The van der Waals surface area contributed by atoms with Crippen molar-refractivity contribution < 1.29 is 8.42 Å². The molecule has 0 saturated heterocycles. The predicted octanol–water partition coefficient (Wildman–Crippen LogP) is 3.91. The fraction of sp³-hybridized carbons (Fsp3) is 0.538. The van der Waals surface area contributed by atoms with E-state index in [0.29, 0.717) is 10.8 Å². The van der Waals surface area contributed by atoms with Crippen molar-refractivity contribution in [2.45, 2.75) is 43.4 Å². The molecule has 0 unspecified atom stereocenters. The van der Waals surface area contributed by atoms with Crippen LogP contribution in [0, 0.1) is 5.92 Å². The lowest BCUT2D eigenvalue weighted by Gasteiger charge is -2.27. The van der Waals surface area contributed by atoms with Gasteiger partial charge in [-0.1, -0.05) is 38.0 Å². The van der Waals surface area contributed by atoms with Crippen molar-refractivity contribution >= 4 is 19.7 Å². The Morgan fingerprint density at radius 3 is 2.29 bits per heavy atom. The largest absolute Gasteiger partial charge is 0.261 e. The van der Waals surface area contributed by atoms with E-state index in [1.54, 1.807) is 12.1 Å². The molecule has 1 aliphatic rings. The van der Waals surface area contributed by atoms with E-state index in [0.717, 1.165) is 24.3 Å². The van der Waals surface area contributed by atoms with Crippen molar-refractivity contribution in [1.29, 1.82) is 0 Å². The van der Waals surface area contributed by atoms with Crippen LogP contribution in [0.2, 0.25) is 0 Å². The molecule has 94 valence electrons. The maximum atomic E-state index is 11.5. The third-order valence-corrected chi connectivity index (χ3v) is 5.03. The Kier molecular flexibility index (Phi) is 3.79. The van der Waals surface area contributed by atoms with Crippen LogP contribution in [0.15, 0.2) is 29.2 Å². The highest BCUT2D eigenvalue weighted by atomic mass is 35.7. The minimum absolute atomic E-state index is 0.293. The van der Waals surface area contributed by atoms with E-state index in [2.05, 4.69) is 6.92 Å². The summed E-state index contributed by atoms with van der Waals surface area (Å²) in [6.45, 7) is 2.25. The van der Waals surface area contributed by atoms with Crippen LogP contribution in [0.1, 0.15) is 44.1 Å². The van der Waals surface area contributed by atoms with Gasteiger partial charge >= 0.3 is 0 Å². The molecule has 2 nitrogen and oxygen atoms in total. The normalized spacial score (nSPS) is 25.8. The van der Waals surface area contributed by atoms with Crippen molar-refractivity contribution in [3.63, 3.8) is 0 Å². The highest BCUT2D eigenvalue weighted by Crippen LogP contribution is 2.38. The summed E-state index contributed by atoms with van der Waals surface area (Å²) in [6, 6.07) is 7.12. The van der Waals surface area contributed by atoms with Gasteiger partial charge in [0.25, 0.3) is 9.05 Å². The molecule has 0 aromatic heterocycles. The first-order valence-electron chi connectivity index (χ1n) is 6.02. The molecule has 1 aromatic carbocycles. The van der Waals surface area contributed by atoms with E-state index in [9.17, 15) is 8.42 Å². The van der Waals surface area contributed by atoms with Crippen molar-refractivity contribution in [3.8, 4) is 0 Å². The van der Waals surface area contributed by atoms with E-state index in [4.69, 9.17) is 10.7 Å². The van der Waals surface area contributed by atoms with Gasteiger partial charge in [-0.3, -0.25) is 0 Å². The first-order chi connectivity index (χ1) is 7.98. The molecule has 0 atom stereocenters. The molecule has 17 heavy (non-hydrogen) atoms. The standard InChI is InChI=1S/C13H17ClO2S/c1-10-6-8-11(9-7-10)12-4-2-3-5-13(12)17(14,15)16/h2-5,10-11H,6-9H2,1H3. The van der Waals surface area contributed by atoms with Crippen molar-refractivity contribution in [1.82, 2.24) is 0 Å². The van der Waals surface area contributed by atoms with Gasteiger partial charge in [0.1, 0.15) is 0 Å². The summed E-state index contributed by atoms with van der Waals surface area (Å²) < 4.78 is 23.1. The first kappa shape index (κ1) is 12.9. The summed E-state index contributed by atoms with van der Waals surface area (Å²) in [4.78, 5) is 0.293. The van der Waals surface area contributed by atoms with Gasteiger partial charge in [-0.25, -0.2) is 8.42 Å². The third kappa shape index (κ3) is 3.02. The molecular formula is C13H17ClO2S. The average molecular weight is 273 g/mol. The maximum Gasteiger partial charge on any atom is 0.261 e. The van der Waals surface area contributed by atoms with Gasteiger partial charge in [0.15, 0.2) is 0 Å². The van der Waals surface area contributed by atoms with Crippen LogP contribution < -0.4 is 0 Å². The number of hydrogen-bond donors (Lipinski definition) is 0. The van der Waals surface area contributed by atoms with Crippen LogP contribution in [0.3, 0.4) is 0 Å².